The minimum atomic E-state index is -0.412. The minimum absolute atomic E-state index is 0.412. The zero-order valence-corrected chi connectivity index (χ0v) is 52.8. The molecule has 0 atom stereocenters. The van der Waals surface area contributed by atoms with Crippen molar-refractivity contribution >= 4 is 43.1 Å². The average molecular weight is 1200 g/mol. The second-order valence-corrected chi connectivity index (χ2v) is 28.0. The van der Waals surface area contributed by atoms with Crippen molar-refractivity contribution in [1.29, 1.82) is 0 Å². The lowest BCUT2D eigenvalue weighted by Crippen LogP contribution is -2.37. The first kappa shape index (κ1) is 52.1. The van der Waals surface area contributed by atoms with Crippen LogP contribution < -0.4 is 0 Å². The maximum Gasteiger partial charge on any atom is 0.0224 e. The number of hydrogen-bond donors (Lipinski definition) is 0. The van der Waals surface area contributed by atoms with E-state index in [0.29, 0.717) is 0 Å². The van der Waals surface area contributed by atoms with Crippen molar-refractivity contribution in [3.05, 3.63) is 313 Å². The van der Waals surface area contributed by atoms with Crippen molar-refractivity contribution in [2.24, 2.45) is 0 Å². The lowest BCUT2D eigenvalue weighted by Gasteiger charge is -2.42. The van der Waals surface area contributed by atoms with Crippen LogP contribution in [0.25, 0.3) is 199 Å². The van der Waals surface area contributed by atoms with Crippen molar-refractivity contribution in [3.63, 3.8) is 0 Å². The van der Waals surface area contributed by atoms with Gasteiger partial charge in [0.2, 0.25) is 0 Å². The van der Waals surface area contributed by atoms with Gasteiger partial charge >= 0.3 is 0 Å². The third kappa shape index (κ3) is 6.81. The summed E-state index contributed by atoms with van der Waals surface area (Å²) in [6.45, 7) is 5.00. The predicted octanol–water partition coefficient (Wildman–Crippen LogP) is 26.0. The van der Waals surface area contributed by atoms with Crippen molar-refractivity contribution in [3.8, 4) is 156 Å². The van der Waals surface area contributed by atoms with Crippen LogP contribution in [0.2, 0.25) is 0 Å². The van der Waals surface area contributed by atoms with Crippen molar-refractivity contribution in [2.45, 2.75) is 43.9 Å². The number of benzene rings is 16. The number of rotatable bonds is 8. The van der Waals surface area contributed by atoms with E-state index in [4.69, 9.17) is 0 Å². The SMILES string of the molecule is CCC1(CC2(CC)c3cc(-c4ccc5c(c4)-c4cccc6cccc-5c46)ccc3-c3ccc(-c4ccc5c(c4)-c4cccc6cccc-5c46)cc32)c2cc(-c3ccc4c(c3)-c3cccc5cccc-4c35)ccc2-c2ccc(-c3ccc4c(c3)-c3cccc5cccc-4c35)cc21. The molecular weight excluding hydrogens is 1140 g/mol. The van der Waals surface area contributed by atoms with Gasteiger partial charge in [0.25, 0.3) is 0 Å². The summed E-state index contributed by atoms with van der Waals surface area (Å²) in [4.78, 5) is 0. The predicted molar refractivity (Wildman–Crippen MR) is 400 cm³/mol. The lowest BCUT2D eigenvalue weighted by molar-refractivity contribution is 0.342. The van der Waals surface area contributed by atoms with E-state index in [9.17, 15) is 0 Å². The third-order valence-corrected chi connectivity index (χ3v) is 23.9. The van der Waals surface area contributed by atoms with E-state index >= 15 is 0 Å². The Labute approximate surface area is 552 Å². The van der Waals surface area contributed by atoms with E-state index in [0.717, 1.165) is 19.3 Å². The maximum absolute atomic E-state index is 2.63. The normalized spacial score (nSPS) is 14.1. The van der Waals surface area contributed by atoms with Crippen LogP contribution in [-0.4, -0.2) is 0 Å². The molecule has 16 aromatic carbocycles. The van der Waals surface area contributed by atoms with Crippen molar-refractivity contribution in [1.82, 2.24) is 0 Å². The molecule has 6 aliphatic carbocycles. The van der Waals surface area contributed by atoms with E-state index in [2.05, 4.69) is 305 Å². The fourth-order valence-corrected chi connectivity index (χ4v) is 19.5. The van der Waals surface area contributed by atoms with Crippen LogP contribution in [0.15, 0.2) is 291 Å². The zero-order valence-electron chi connectivity index (χ0n) is 52.8. The first-order valence-electron chi connectivity index (χ1n) is 34.2. The topological polar surface area (TPSA) is 0 Å². The van der Waals surface area contributed by atoms with E-state index in [1.165, 1.54) is 221 Å². The van der Waals surface area contributed by atoms with Crippen LogP contribution >= 0.6 is 0 Å². The molecule has 6 aliphatic rings. The van der Waals surface area contributed by atoms with Gasteiger partial charge in [0.1, 0.15) is 0 Å². The van der Waals surface area contributed by atoms with Gasteiger partial charge in [-0.25, -0.2) is 0 Å². The average Bonchev–Trinajstić information content (AvgIpc) is 1.55. The Bertz CT molecular complexity index is 5450. The Morgan fingerprint density at radius 3 is 0.579 bits per heavy atom. The highest BCUT2D eigenvalue weighted by Gasteiger charge is 2.52. The van der Waals surface area contributed by atoms with Gasteiger partial charge in [-0.2, -0.15) is 0 Å². The molecule has 95 heavy (non-hydrogen) atoms. The minimum Gasteiger partial charge on any atom is -0.0642 e. The van der Waals surface area contributed by atoms with Crippen LogP contribution in [0.3, 0.4) is 0 Å². The standard InChI is InChI=1S/C95H60/c1-3-94(86-49-62(58-29-37-66-74-21-5-13-54-17-9-25-78(90(54)74)82(66)45-58)33-41-70(86)71-42-34-63(50-87(71)94)59-30-38-67-75-22-6-14-55-18-10-26-79(91(55)75)83(67)46-59)53-95(4-2)88-51-64(60-31-39-68-76-23-7-15-56-19-11-27-80(92(56)76)84(68)47-60)35-43-72(88)73-44-36-65(52-89(73)95)61-32-40-69-77-24-8-16-57-20-12-28-81(93(57)77)85(69)48-61/h5-52H,3-4,53H2,1-2H3. The first-order chi connectivity index (χ1) is 46.9. The van der Waals surface area contributed by atoms with Gasteiger partial charge in [0.15, 0.2) is 0 Å². The van der Waals surface area contributed by atoms with Crippen LogP contribution in [-0.2, 0) is 10.8 Å². The van der Waals surface area contributed by atoms with E-state index in [1.807, 2.05) is 0 Å². The summed E-state index contributed by atoms with van der Waals surface area (Å²) >= 11 is 0. The van der Waals surface area contributed by atoms with Crippen molar-refractivity contribution < 1.29 is 0 Å². The van der Waals surface area contributed by atoms with E-state index < -0.39 is 10.8 Å². The molecule has 0 N–H and O–H groups in total. The maximum atomic E-state index is 2.63. The van der Waals surface area contributed by atoms with Crippen LogP contribution in [0.1, 0.15) is 55.4 Å². The summed E-state index contributed by atoms with van der Waals surface area (Å²) in [5.41, 5.74) is 41.6. The molecule has 0 spiro atoms. The quantitative estimate of drug-likeness (QED) is 0.142. The molecule has 0 fully saturated rings. The molecule has 0 saturated heterocycles. The second-order valence-electron chi connectivity index (χ2n) is 28.0. The Morgan fingerprint density at radius 2 is 0.368 bits per heavy atom. The largest absolute Gasteiger partial charge is 0.0642 e. The fraction of sp³-hybridized carbons (Fsp3) is 0.0737. The summed E-state index contributed by atoms with van der Waals surface area (Å²) in [6.07, 6.45) is 2.73. The molecule has 0 aromatic heterocycles. The van der Waals surface area contributed by atoms with Gasteiger partial charge in [-0.15, -0.1) is 0 Å². The molecule has 440 valence electrons. The van der Waals surface area contributed by atoms with E-state index in [-0.39, 0.29) is 0 Å². The van der Waals surface area contributed by atoms with Gasteiger partial charge < -0.3 is 0 Å². The molecule has 0 bridgehead atoms. The first-order valence-corrected chi connectivity index (χ1v) is 34.2. The highest BCUT2D eigenvalue weighted by molar-refractivity contribution is 6.19. The van der Waals surface area contributed by atoms with Gasteiger partial charge in [-0.3, -0.25) is 0 Å². The Kier molecular flexibility index (Phi) is 10.2. The van der Waals surface area contributed by atoms with Crippen molar-refractivity contribution in [2.75, 3.05) is 0 Å². The Morgan fingerprint density at radius 1 is 0.179 bits per heavy atom. The van der Waals surface area contributed by atoms with Gasteiger partial charge in [-0.1, -0.05) is 257 Å². The molecule has 0 radical (unpaired) electrons. The molecule has 0 heterocycles. The Balaban J connectivity index is 0.754. The summed E-state index contributed by atoms with van der Waals surface area (Å²) in [5, 5.41) is 10.7. The van der Waals surface area contributed by atoms with Crippen LogP contribution in [0.4, 0.5) is 0 Å². The molecule has 16 aromatic rings. The lowest BCUT2D eigenvalue weighted by atomic mass is 9.60. The molecule has 0 unspecified atom stereocenters. The van der Waals surface area contributed by atoms with Gasteiger partial charge in [0.05, 0.1) is 0 Å². The molecule has 0 aliphatic heterocycles. The molecular formula is C95H60. The molecule has 0 saturated carbocycles. The van der Waals surface area contributed by atoms with E-state index in [1.54, 1.807) is 0 Å². The molecule has 0 amide bonds. The molecule has 0 heteroatoms. The number of fused-ring (bicyclic) bond motifs is 18. The second kappa shape index (κ2) is 18.7. The molecule has 22 rings (SSSR count). The highest BCUT2D eigenvalue weighted by atomic mass is 14.5. The fourth-order valence-electron chi connectivity index (χ4n) is 19.5. The van der Waals surface area contributed by atoms with Crippen LogP contribution in [0.5, 0.6) is 0 Å². The summed E-state index contributed by atoms with van der Waals surface area (Å²) in [5.74, 6) is 0. The third-order valence-electron chi connectivity index (χ3n) is 23.9. The summed E-state index contributed by atoms with van der Waals surface area (Å²) in [7, 11) is 0. The zero-order chi connectivity index (χ0) is 62.2. The monoisotopic (exact) mass is 1200 g/mol. The Hall–Kier alpha value is -11.4. The summed E-state index contributed by atoms with van der Waals surface area (Å²) < 4.78 is 0. The van der Waals surface area contributed by atoms with Gasteiger partial charge in [-0.05, 0) is 289 Å². The number of hydrogen-bond acceptors (Lipinski definition) is 0. The molecule has 0 nitrogen and oxygen atoms in total. The smallest absolute Gasteiger partial charge is 0.0224 e. The summed E-state index contributed by atoms with van der Waals surface area (Å²) in [6, 6.07) is 114. The van der Waals surface area contributed by atoms with Crippen LogP contribution in [0, 0.1) is 0 Å². The highest BCUT2D eigenvalue weighted by Crippen LogP contribution is 2.64. The van der Waals surface area contributed by atoms with Gasteiger partial charge in [0, 0.05) is 10.8 Å².